The van der Waals surface area contributed by atoms with Crippen LogP contribution in [0.15, 0.2) is 35.3 Å². The first kappa shape index (κ1) is 22.9. The summed E-state index contributed by atoms with van der Waals surface area (Å²) in [7, 11) is 5.31. The highest BCUT2D eigenvalue weighted by Crippen LogP contribution is 2.38. The van der Waals surface area contributed by atoms with Crippen LogP contribution in [0, 0.1) is 5.41 Å². The zero-order chi connectivity index (χ0) is 22.3. The van der Waals surface area contributed by atoms with Gasteiger partial charge >= 0.3 is 0 Å². The van der Waals surface area contributed by atoms with E-state index in [-0.39, 0.29) is 23.8 Å². The second-order valence-electron chi connectivity index (χ2n) is 8.67. The van der Waals surface area contributed by atoms with Gasteiger partial charge < -0.3 is 25.3 Å². The zero-order valence-corrected chi connectivity index (χ0v) is 19.1. The number of para-hydroxylation sites is 1. The molecule has 1 saturated heterocycles. The van der Waals surface area contributed by atoms with Crippen LogP contribution in [0.25, 0.3) is 0 Å². The smallest absolute Gasteiger partial charge is 0.242 e. The van der Waals surface area contributed by atoms with E-state index in [1.165, 1.54) is 5.69 Å². The minimum Gasteiger partial charge on any atom is -0.368 e. The molecule has 1 aliphatic carbocycles. The third-order valence-electron chi connectivity index (χ3n) is 6.40. The molecular weight excluding hydrogens is 392 g/mol. The molecule has 1 heterocycles. The number of rotatable bonds is 6. The zero-order valence-electron chi connectivity index (χ0n) is 19.1. The van der Waals surface area contributed by atoms with Crippen LogP contribution >= 0.6 is 0 Å². The van der Waals surface area contributed by atoms with E-state index in [4.69, 9.17) is 0 Å². The molecular formula is C23H36N6O2. The average Bonchev–Trinajstić information content (AvgIpc) is 3.29. The van der Waals surface area contributed by atoms with Crippen molar-refractivity contribution in [2.24, 2.45) is 10.4 Å². The van der Waals surface area contributed by atoms with E-state index in [2.05, 4.69) is 32.7 Å². The number of carbonyl (C=O) groups excluding carboxylic acids is 2. The van der Waals surface area contributed by atoms with Gasteiger partial charge in [0.25, 0.3) is 0 Å². The van der Waals surface area contributed by atoms with Crippen LogP contribution in [0.4, 0.5) is 5.69 Å². The van der Waals surface area contributed by atoms with Crippen LogP contribution < -0.4 is 15.5 Å². The Morgan fingerprint density at radius 1 is 1.03 bits per heavy atom. The summed E-state index contributed by atoms with van der Waals surface area (Å²) < 4.78 is 0. The summed E-state index contributed by atoms with van der Waals surface area (Å²) in [5.74, 6) is 0.796. The molecule has 0 atom stereocenters. The molecule has 0 aromatic heterocycles. The van der Waals surface area contributed by atoms with E-state index in [1.807, 2.05) is 37.2 Å². The van der Waals surface area contributed by atoms with Gasteiger partial charge in [-0.3, -0.25) is 14.6 Å². The summed E-state index contributed by atoms with van der Waals surface area (Å²) in [6.07, 6.45) is 3.92. The Labute approximate surface area is 185 Å². The molecule has 31 heavy (non-hydrogen) atoms. The molecule has 1 aromatic rings. The molecule has 8 nitrogen and oxygen atoms in total. The number of benzene rings is 1. The number of amides is 2. The number of nitrogens with one attached hydrogen (secondary N) is 2. The number of hydrogen-bond donors (Lipinski definition) is 2. The Hall–Kier alpha value is -2.77. The first-order valence-electron chi connectivity index (χ1n) is 11.2. The van der Waals surface area contributed by atoms with Crippen LogP contribution in [-0.4, -0.2) is 88.0 Å². The fraction of sp³-hybridized carbons (Fsp3) is 0.609. The number of anilines is 1. The van der Waals surface area contributed by atoms with E-state index in [0.29, 0.717) is 25.6 Å². The Morgan fingerprint density at radius 3 is 2.26 bits per heavy atom. The normalized spacial score (nSPS) is 18.6. The molecule has 170 valence electrons. The number of carbonyl (C=O) groups is 2. The molecule has 2 amide bonds. The minimum absolute atomic E-state index is 0.0654. The van der Waals surface area contributed by atoms with Gasteiger partial charge in [-0.05, 0) is 25.0 Å². The predicted molar refractivity (Wildman–Crippen MR) is 124 cm³/mol. The summed E-state index contributed by atoms with van der Waals surface area (Å²) in [6, 6.07) is 10.3. The number of piperazine rings is 1. The second-order valence-corrected chi connectivity index (χ2v) is 8.67. The third kappa shape index (κ3) is 5.68. The van der Waals surface area contributed by atoms with E-state index in [0.717, 1.165) is 38.8 Å². The van der Waals surface area contributed by atoms with E-state index < -0.39 is 0 Å². The van der Waals surface area contributed by atoms with Gasteiger partial charge in [-0.25, -0.2) is 0 Å². The molecule has 0 unspecified atom stereocenters. The summed E-state index contributed by atoms with van der Waals surface area (Å²) in [6.45, 7) is 3.81. The monoisotopic (exact) mass is 428 g/mol. The molecule has 0 radical (unpaired) electrons. The summed E-state index contributed by atoms with van der Waals surface area (Å²) >= 11 is 0. The van der Waals surface area contributed by atoms with Crippen LogP contribution in [-0.2, 0) is 9.59 Å². The van der Waals surface area contributed by atoms with Crippen molar-refractivity contribution in [3.8, 4) is 0 Å². The van der Waals surface area contributed by atoms with Gasteiger partial charge in [0.1, 0.15) is 0 Å². The number of aliphatic imine (C=N–C) groups is 1. The predicted octanol–water partition coefficient (Wildman–Crippen LogP) is 1.15. The lowest BCUT2D eigenvalue weighted by molar-refractivity contribution is -0.139. The molecule has 0 bridgehead atoms. The van der Waals surface area contributed by atoms with Crippen molar-refractivity contribution < 1.29 is 9.59 Å². The van der Waals surface area contributed by atoms with Gasteiger partial charge in [0.05, 0.1) is 12.0 Å². The highest BCUT2D eigenvalue weighted by Gasteiger charge is 2.42. The van der Waals surface area contributed by atoms with Gasteiger partial charge in [-0.2, -0.15) is 0 Å². The average molecular weight is 429 g/mol. The SMILES string of the molecule is CN=C(NCC(=O)N1CCN(c2ccccc2)CC1)NCC1(C(=O)N(C)C)CCCC1. The Morgan fingerprint density at radius 2 is 1.68 bits per heavy atom. The fourth-order valence-corrected chi connectivity index (χ4v) is 4.59. The molecule has 1 aromatic carbocycles. The highest BCUT2D eigenvalue weighted by atomic mass is 16.2. The van der Waals surface area contributed by atoms with Gasteiger partial charge in [0.2, 0.25) is 11.8 Å². The van der Waals surface area contributed by atoms with Crippen molar-refractivity contribution in [1.82, 2.24) is 20.4 Å². The number of hydrogen-bond acceptors (Lipinski definition) is 4. The molecule has 8 heteroatoms. The minimum atomic E-state index is -0.376. The lowest BCUT2D eigenvalue weighted by atomic mass is 9.84. The second kappa shape index (κ2) is 10.5. The lowest BCUT2D eigenvalue weighted by Crippen LogP contribution is -2.53. The van der Waals surface area contributed by atoms with Gasteiger partial charge in [0, 0.05) is 59.6 Å². The van der Waals surface area contributed by atoms with Crippen LogP contribution in [0.1, 0.15) is 25.7 Å². The first-order chi connectivity index (χ1) is 14.9. The highest BCUT2D eigenvalue weighted by molar-refractivity contribution is 5.88. The van der Waals surface area contributed by atoms with Crippen LogP contribution in [0.5, 0.6) is 0 Å². The Kier molecular flexibility index (Phi) is 7.76. The Balaban J connectivity index is 1.45. The molecule has 1 aliphatic heterocycles. The fourth-order valence-electron chi connectivity index (χ4n) is 4.59. The topological polar surface area (TPSA) is 80.3 Å². The van der Waals surface area contributed by atoms with Crippen molar-refractivity contribution in [3.63, 3.8) is 0 Å². The summed E-state index contributed by atoms with van der Waals surface area (Å²) in [4.78, 5) is 35.5. The lowest BCUT2D eigenvalue weighted by Gasteiger charge is -2.36. The maximum atomic E-state index is 12.7. The van der Waals surface area contributed by atoms with Crippen molar-refractivity contribution in [2.75, 3.05) is 65.3 Å². The molecule has 2 N–H and O–H groups in total. The Bertz CT molecular complexity index is 766. The summed E-state index contributed by atoms with van der Waals surface area (Å²) in [5, 5.41) is 6.42. The number of nitrogens with zero attached hydrogens (tertiary/aromatic N) is 4. The third-order valence-corrected chi connectivity index (χ3v) is 6.40. The maximum Gasteiger partial charge on any atom is 0.242 e. The quantitative estimate of drug-likeness (QED) is 0.525. The molecule has 2 fully saturated rings. The van der Waals surface area contributed by atoms with Crippen molar-refractivity contribution >= 4 is 23.5 Å². The van der Waals surface area contributed by atoms with Crippen molar-refractivity contribution in [3.05, 3.63) is 30.3 Å². The van der Waals surface area contributed by atoms with E-state index in [9.17, 15) is 9.59 Å². The molecule has 2 aliphatic rings. The largest absolute Gasteiger partial charge is 0.368 e. The standard InChI is InChI=1S/C23H36N6O2/c1-24-22(26-18-23(11-7-8-12-23)21(31)27(2)3)25-17-20(30)29-15-13-28(14-16-29)19-9-5-4-6-10-19/h4-6,9-10H,7-8,11-18H2,1-3H3,(H2,24,25,26). The van der Waals surface area contributed by atoms with Crippen molar-refractivity contribution in [1.29, 1.82) is 0 Å². The van der Waals surface area contributed by atoms with Crippen LogP contribution in [0.2, 0.25) is 0 Å². The maximum absolute atomic E-state index is 12.7. The molecule has 1 saturated carbocycles. The van der Waals surface area contributed by atoms with Gasteiger partial charge in [-0.1, -0.05) is 31.0 Å². The number of guanidine groups is 1. The van der Waals surface area contributed by atoms with Crippen molar-refractivity contribution in [2.45, 2.75) is 25.7 Å². The van der Waals surface area contributed by atoms with E-state index >= 15 is 0 Å². The van der Waals surface area contributed by atoms with Crippen LogP contribution in [0.3, 0.4) is 0 Å². The van der Waals surface area contributed by atoms with E-state index in [1.54, 1.807) is 11.9 Å². The molecule has 0 spiro atoms. The van der Waals surface area contributed by atoms with Gasteiger partial charge in [-0.15, -0.1) is 0 Å². The summed E-state index contributed by atoms with van der Waals surface area (Å²) in [5.41, 5.74) is 0.823. The van der Waals surface area contributed by atoms with Gasteiger partial charge in [0.15, 0.2) is 5.96 Å². The first-order valence-corrected chi connectivity index (χ1v) is 11.2. The molecule has 3 rings (SSSR count).